The summed E-state index contributed by atoms with van der Waals surface area (Å²) in [6.45, 7) is 14.0. The molecule has 7 nitrogen and oxygen atoms in total. The van der Waals surface area contributed by atoms with E-state index in [-0.39, 0.29) is 0 Å². The average molecular weight is 365 g/mol. The number of nitrogens with one attached hydrogen (secondary N) is 1. The van der Waals surface area contributed by atoms with Crippen LogP contribution in [0.2, 0.25) is 0 Å². The summed E-state index contributed by atoms with van der Waals surface area (Å²) in [5.74, 6) is 1.03. The molecule has 1 saturated heterocycles. The summed E-state index contributed by atoms with van der Waals surface area (Å²) < 4.78 is 4.92. The highest BCUT2D eigenvalue weighted by molar-refractivity contribution is 5.79. The lowest BCUT2D eigenvalue weighted by Gasteiger charge is -2.36. The van der Waals surface area contributed by atoms with Gasteiger partial charge in [-0.3, -0.25) is 9.89 Å². The Morgan fingerprint density at radius 2 is 1.92 bits per heavy atom. The molecule has 0 unspecified atom stereocenters. The van der Waals surface area contributed by atoms with Crippen LogP contribution >= 0.6 is 0 Å². The molecule has 1 aromatic heterocycles. The molecule has 1 aliphatic rings. The molecule has 0 bridgehead atoms. The van der Waals surface area contributed by atoms with Crippen molar-refractivity contribution in [3.63, 3.8) is 0 Å². The van der Waals surface area contributed by atoms with E-state index in [1.165, 1.54) is 25.9 Å². The van der Waals surface area contributed by atoms with Gasteiger partial charge in [-0.1, -0.05) is 19.0 Å². The van der Waals surface area contributed by atoms with E-state index in [4.69, 9.17) is 4.52 Å². The van der Waals surface area contributed by atoms with Gasteiger partial charge in [0.2, 0.25) is 0 Å². The van der Waals surface area contributed by atoms with Crippen molar-refractivity contribution in [1.82, 2.24) is 25.2 Å². The van der Waals surface area contributed by atoms with Gasteiger partial charge in [0.15, 0.2) is 5.96 Å². The Morgan fingerprint density at radius 1 is 1.19 bits per heavy atom. The molecule has 0 saturated carbocycles. The molecule has 1 fully saturated rings. The van der Waals surface area contributed by atoms with Gasteiger partial charge in [-0.05, 0) is 38.9 Å². The minimum Gasteiger partial charge on any atom is -0.364 e. The maximum absolute atomic E-state index is 4.92. The Balaban J connectivity index is 1.66. The fourth-order valence-electron chi connectivity index (χ4n) is 3.47. The summed E-state index contributed by atoms with van der Waals surface area (Å²) in [7, 11) is 1.88. The molecule has 0 aromatic carbocycles. The van der Waals surface area contributed by atoms with Gasteiger partial charge in [0.25, 0.3) is 0 Å². The molecule has 0 aliphatic carbocycles. The van der Waals surface area contributed by atoms with Crippen molar-refractivity contribution in [3.8, 4) is 0 Å². The fraction of sp³-hybridized carbons (Fsp3) is 0.789. The molecule has 1 aliphatic heterocycles. The second-order valence-corrected chi connectivity index (χ2v) is 6.92. The van der Waals surface area contributed by atoms with E-state index in [9.17, 15) is 0 Å². The SMILES string of the molecule is CCCN(CCC)CCCNC(=NC)N1CCN(Cc2ccon2)CC1. The number of hydrogen-bond donors (Lipinski definition) is 1. The van der Waals surface area contributed by atoms with Gasteiger partial charge in [0.1, 0.15) is 6.26 Å². The van der Waals surface area contributed by atoms with E-state index in [2.05, 4.69) is 44.0 Å². The van der Waals surface area contributed by atoms with E-state index in [0.29, 0.717) is 0 Å². The third-order valence-corrected chi connectivity index (χ3v) is 4.77. The predicted octanol–water partition coefficient (Wildman–Crippen LogP) is 1.88. The van der Waals surface area contributed by atoms with Crippen molar-refractivity contribution in [1.29, 1.82) is 0 Å². The van der Waals surface area contributed by atoms with Crippen molar-refractivity contribution < 1.29 is 4.52 Å². The van der Waals surface area contributed by atoms with Crippen LogP contribution in [-0.4, -0.2) is 85.2 Å². The van der Waals surface area contributed by atoms with Crippen LogP contribution in [-0.2, 0) is 6.54 Å². The smallest absolute Gasteiger partial charge is 0.193 e. The molecule has 1 N–H and O–H groups in total. The molecule has 2 heterocycles. The third kappa shape index (κ3) is 6.96. The minimum atomic E-state index is 0.862. The first-order valence-electron chi connectivity index (χ1n) is 10.1. The maximum Gasteiger partial charge on any atom is 0.193 e. The van der Waals surface area contributed by atoms with Crippen molar-refractivity contribution in [2.45, 2.75) is 39.7 Å². The summed E-state index contributed by atoms with van der Waals surface area (Å²) in [6.07, 6.45) is 5.26. The number of rotatable bonds is 10. The first-order chi connectivity index (χ1) is 12.8. The van der Waals surface area contributed by atoms with Gasteiger partial charge < -0.3 is 19.6 Å². The standard InChI is InChI=1S/C19H36N6O/c1-4-9-23(10-5-2)11-6-8-21-19(20-3)25-14-12-24(13-15-25)17-18-7-16-26-22-18/h7,16H,4-6,8-15,17H2,1-3H3,(H,20,21). The Kier molecular flexibility index (Phi) is 9.48. The van der Waals surface area contributed by atoms with Gasteiger partial charge in [-0.2, -0.15) is 0 Å². The highest BCUT2D eigenvalue weighted by atomic mass is 16.5. The number of piperazine rings is 1. The molecule has 0 atom stereocenters. The van der Waals surface area contributed by atoms with Gasteiger partial charge in [-0.15, -0.1) is 0 Å². The van der Waals surface area contributed by atoms with Crippen LogP contribution in [0.1, 0.15) is 38.8 Å². The lowest BCUT2D eigenvalue weighted by Crippen LogP contribution is -2.52. The summed E-state index contributed by atoms with van der Waals surface area (Å²) in [6, 6.07) is 1.94. The zero-order chi connectivity index (χ0) is 18.6. The van der Waals surface area contributed by atoms with E-state index >= 15 is 0 Å². The molecule has 1 aromatic rings. The normalized spacial score (nSPS) is 16.5. The molecule has 0 amide bonds. The number of nitrogens with zero attached hydrogens (tertiary/aromatic N) is 5. The van der Waals surface area contributed by atoms with E-state index in [1.54, 1.807) is 6.26 Å². The van der Waals surface area contributed by atoms with E-state index in [0.717, 1.165) is 63.9 Å². The summed E-state index contributed by atoms with van der Waals surface area (Å²) in [5.41, 5.74) is 1.00. The van der Waals surface area contributed by atoms with Gasteiger partial charge in [0.05, 0.1) is 5.69 Å². The van der Waals surface area contributed by atoms with Gasteiger partial charge in [0, 0.05) is 52.4 Å². The van der Waals surface area contributed by atoms with Crippen LogP contribution in [0.15, 0.2) is 21.8 Å². The predicted molar refractivity (Wildman–Crippen MR) is 106 cm³/mol. The molecule has 148 valence electrons. The lowest BCUT2D eigenvalue weighted by atomic mass is 10.3. The summed E-state index contributed by atoms with van der Waals surface area (Å²) in [5, 5.41) is 7.54. The molecule has 0 spiro atoms. The Bertz CT molecular complexity index is 490. The monoisotopic (exact) mass is 364 g/mol. The molecule has 26 heavy (non-hydrogen) atoms. The van der Waals surface area contributed by atoms with Crippen LogP contribution in [0, 0.1) is 0 Å². The van der Waals surface area contributed by atoms with Crippen molar-refractivity contribution in [3.05, 3.63) is 18.0 Å². The van der Waals surface area contributed by atoms with Crippen molar-refractivity contribution in [2.24, 2.45) is 4.99 Å². The molecular weight excluding hydrogens is 328 g/mol. The van der Waals surface area contributed by atoms with Crippen LogP contribution < -0.4 is 5.32 Å². The molecule has 0 radical (unpaired) electrons. The van der Waals surface area contributed by atoms with Gasteiger partial charge in [-0.25, -0.2) is 0 Å². The Morgan fingerprint density at radius 3 is 2.50 bits per heavy atom. The Labute approximate surface area is 158 Å². The fourth-order valence-corrected chi connectivity index (χ4v) is 3.47. The highest BCUT2D eigenvalue weighted by Gasteiger charge is 2.20. The average Bonchev–Trinajstić information content (AvgIpc) is 3.16. The van der Waals surface area contributed by atoms with Crippen LogP contribution in [0.3, 0.4) is 0 Å². The number of hydrogen-bond acceptors (Lipinski definition) is 5. The van der Waals surface area contributed by atoms with Gasteiger partial charge >= 0.3 is 0 Å². The van der Waals surface area contributed by atoms with Crippen molar-refractivity contribution in [2.75, 3.05) is 59.4 Å². The minimum absolute atomic E-state index is 0.862. The number of aliphatic imine (C=N–C) groups is 1. The largest absolute Gasteiger partial charge is 0.364 e. The first-order valence-corrected chi connectivity index (χ1v) is 10.1. The molecule has 7 heteroatoms. The molecule has 2 rings (SSSR count). The summed E-state index contributed by atoms with van der Waals surface area (Å²) in [4.78, 5) is 11.8. The lowest BCUT2D eigenvalue weighted by molar-refractivity contribution is 0.169. The number of guanidine groups is 1. The van der Waals surface area contributed by atoms with Crippen molar-refractivity contribution >= 4 is 5.96 Å². The quantitative estimate of drug-likeness (QED) is 0.389. The first kappa shape index (κ1) is 20.7. The topological polar surface area (TPSA) is 60.1 Å². The van der Waals surface area contributed by atoms with Crippen LogP contribution in [0.4, 0.5) is 0 Å². The molecular formula is C19H36N6O. The Hall–Kier alpha value is -1.60. The second kappa shape index (κ2) is 11.9. The van der Waals surface area contributed by atoms with Crippen LogP contribution in [0.5, 0.6) is 0 Å². The third-order valence-electron chi connectivity index (χ3n) is 4.77. The number of aromatic nitrogens is 1. The van der Waals surface area contributed by atoms with Crippen LogP contribution in [0.25, 0.3) is 0 Å². The van der Waals surface area contributed by atoms with E-state index < -0.39 is 0 Å². The van der Waals surface area contributed by atoms with E-state index in [1.807, 2.05) is 13.1 Å². The highest BCUT2D eigenvalue weighted by Crippen LogP contribution is 2.07. The zero-order valence-corrected chi connectivity index (χ0v) is 16.8. The zero-order valence-electron chi connectivity index (χ0n) is 16.8. The summed E-state index contributed by atoms with van der Waals surface area (Å²) >= 11 is 0. The maximum atomic E-state index is 4.92. The second-order valence-electron chi connectivity index (χ2n) is 6.92.